The summed E-state index contributed by atoms with van der Waals surface area (Å²) in [5.74, 6) is 0. The number of halogens is 1. The summed E-state index contributed by atoms with van der Waals surface area (Å²) in [4.78, 5) is 9.83. The molecule has 0 amide bonds. The van der Waals surface area contributed by atoms with E-state index in [9.17, 15) is 10.1 Å². The Morgan fingerprint density at radius 1 is 1.73 bits per heavy atom. The minimum Gasteiger partial charge on any atom is -0.387 e. The lowest BCUT2D eigenvalue weighted by atomic mass is 10.1. The standard InChI is InChI=1S/C6H6INO3/c7-6-4(8(10)11)2-1-3-5(6)9/h1-3,5-6,9H. The average molecular weight is 267 g/mol. The number of allylic oxidation sites excluding steroid dienone is 2. The van der Waals surface area contributed by atoms with E-state index >= 15 is 0 Å². The van der Waals surface area contributed by atoms with E-state index in [4.69, 9.17) is 5.11 Å². The molecule has 0 aromatic rings. The summed E-state index contributed by atoms with van der Waals surface area (Å²) in [6.45, 7) is 0. The number of hydrogen-bond donors (Lipinski definition) is 1. The van der Waals surface area contributed by atoms with Gasteiger partial charge in [-0.3, -0.25) is 10.1 Å². The molecule has 0 aliphatic heterocycles. The van der Waals surface area contributed by atoms with Crippen molar-refractivity contribution in [3.8, 4) is 0 Å². The Balaban J connectivity index is 2.87. The van der Waals surface area contributed by atoms with Crippen molar-refractivity contribution in [3.63, 3.8) is 0 Å². The van der Waals surface area contributed by atoms with Gasteiger partial charge in [-0.25, -0.2) is 0 Å². The van der Waals surface area contributed by atoms with Gasteiger partial charge in [0.1, 0.15) is 3.92 Å². The number of aliphatic hydroxyl groups is 1. The molecule has 1 rings (SSSR count). The first-order chi connectivity index (χ1) is 5.13. The first kappa shape index (κ1) is 8.66. The Labute approximate surface area is 76.9 Å². The van der Waals surface area contributed by atoms with Crippen molar-refractivity contribution in [1.29, 1.82) is 0 Å². The van der Waals surface area contributed by atoms with E-state index in [1.807, 2.05) is 22.6 Å². The normalized spacial score (nSPS) is 29.8. The van der Waals surface area contributed by atoms with Crippen molar-refractivity contribution in [2.24, 2.45) is 0 Å². The predicted octanol–water partition coefficient (Wildman–Crippen LogP) is 0.881. The molecular formula is C6H6INO3. The molecule has 1 aliphatic rings. The van der Waals surface area contributed by atoms with Crippen molar-refractivity contribution in [2.75, 3.05) is 0 Å². The molecule has 0 aromatic carbocycles. The molecule has 0 aromatic heterocycles. The van der Waals surface area contributed by atoms with Crippen LogP contribution >= 0.6 is 22.6 Å². The van der Waals surface area contributed by atoms with Crippen LogP contribution in [0.4, 0.5) is 0 Å². The number of nitro groups is 1. The largest absolute Gasteiger partial charge is 0.387 e. The summed E-state index contributed by atoms with van der Waals surface area (Å²) in [7, 11) is 0. The van der Waals surface area contributed by atoms with Crippen LogP contribution in [-0.2, 0) is 0 Å². The molecule has 11 heavy (non-hydrogen) atoms. The topological polar surface area (TPSA) is 63.4 Å². The van der Waals surface area contributed by atoms with Gasteiger partial charge < -0.3 is 5.11 Å². The third-order valence-corrected chi connectivity index (χ3v) is 2.74. The third kappa shape index (κ3) is 1.78. The second-order valence-corrected chi connectivity index (χ2v) is 3.47. The smallest absolute Gasteiger partial charge is 0.261 e. The molecule has 0 radical (unpaired) electrons. The lowest BCUT2D eigenvalue weighted by Gasteiger charge is -2.13. The number of rotatable bonds is 1. The second kappa shape index (κ2) is 3.31. The lowest BCUT2D eigenvalue weighted by molar-refractivity contribution is -0.427. The minimum atomic E-state index is -0.735. The average Bonchev–Trinajstić information content (AvgIpc) is 1.94. The zero-order valence-electron chi connectivity index (χ0n) is 5.48. The van der Waals surface area contributed by atoms with Crippen molar-refractivity contribution >= 4 is 22.6 Å². The molecular weight excluding hydrogens is 261 g/mol. The first-order valence-corrected chi connectivity index (χ1v) is 4.22. The van der Waals surface area contributed by atoms with Gasteiger partial charge in [-0.15, -0.1) is 0 Å². The lowest BCUT2D eigenvalue weighted by Crippen LogP contribution is -2.25. The highest BCUT2D eigenvalue weighted by Crippen LogP contribution is 2.21. The summed E-state index contributed by atoms with van der Waals surface area (Å²) in [6, 6.07) is 0. The molecule has 2 unspecified atom stereocenters. The monoisotopic (exact) mass is 267 g/mol. The molecule has 60 valence electrons. The number of aliphatic hydroxyl groups excluding tert-OH is 1. The molecule has 0 saturated heterocycles. The van der Waals surface area contributed by atoms with Crippen LogP contribution in [0.15, 0.2) is 23.9 Å². The van der Waals surface area contributed by atoms with E-state index in [2.05, 4.69) is 0 Å². The molecule has 2 atom stereocenters. The fourth-order valence-corrected chi connectivity index (χ4v) is 1.47. The Morgan fingerprint density at radius 2 is 2.36 bits per heavy atom. The van der Waals surface area contributed by atoms with Crippen molar-refractivity contribution in [2.45, 2.75) is 10.0 Å². The second-order valence-electron chi connectivity index (χ2n) is 2.13. The molecule has 5 heteroatoms. The summed E-state index contributed by atoms with van der Waals surface area (Å²) in [5, 5.41) is 19.5. The van der Waals surface area contributed by atoms with Gasteiger partial charge in [-0.05, 0) is 0 Å². The van der Waals surface area contributed by atoms with Gasteiger partial charge in [-0.2, -0.15) is 0 Å². The molecule has 1 N–H and O–H groups in total. The SMILES string of the molecule is O=[N+]([O-])C1=CC=CC(O)C1I. The van der Waals surface area contributed by atoms with E-state index in [0.29, 0.717) is 0 Å². The van der Waals surface area contributed by atoms with Crippen LogP contribution in [0.5, 0.6) is 0 Å². The van der Waals surface area contributed by atoms with Gasteiger partial charge in [0.15, 0.2) is 0 Å². The van der Waals surface area contributed by atoms with Crippen molar-refractivity contribution in [1.82, 2.24) is 0 Å². The van der Waals surface area contributed by atoms with Gasteiger partial charge >= 0.3 is 0 Å². The zero-order valence-corrected chi connectivity index (χ0v) is 7.63. The van der Waals surface area contributed by atoms with Gasteiger partial charge in [0, 0.05) is 6.08 Å². The van der Waals surface area contributed by atoms with Crippen molar-refractivity contribution < 1.29 is 10.0 Å². The Kier molecular flexibility index (Phi) is 2.61. The van der Waals surface area contributed by atoms with Crippen molar-refractivity contribution in [3.05, 3.63) is 34.0 Å². The Bertz CT molecular complexity index is 236. The minimum absolute atomic E-state index is 0.0561. The molecule has 0 bridgehead atoms. The number of alkyl halides is 1. The van der Waals surface area contributed by atoms with Crippen LogP contribution in [0.25, 0.3) is 0 Å². The van der Waals surface area contributed by atoms with E-state index in [0.717, 1.165) is 0 Å². The van der Waals surface area contributed by atoms with Crippen LogP contribution in [0.2, 0.25) is 0 Å². The summed E-state index contributed by atoms with van der Waals surface area (Å²) >= 11 is 1.85. The summed E-state index contributed by atoms with van der Waals surface area (Å²) in [6.07, 6.45) is 3.70. The Morgan fingerprint density at radius 3 is 2.82 bits per heavy atom. The fraction of sp³-hybridized carbons (Fsp3) is 0.333. The summed E-state index contributed by atoms with van der Waals surface area (Å²) in [5.41, 5.74) is 0.0561. The molecule has 4 nitrogen and oxygen atoms in total. The maximum atomic E-state index is 10.3. The maximum Gasteiger partial charge on any atom is 0.261 e. The Hall–Kier alpha value is -0.430. The van der Waals surface area contributed by atoms with Gasteiger partial charge in [0.2, 0.25) is 0 Å². The molecule has 0 spiro atoms. The predicted molar refractivity (Wildman–Crippen MR) is 48.0 cm³/mol. The fourth-order valence-electron chi connectivity index (χ4n) is 0.794. The van der Waals surface area contributed by atoms with E-state index in [-0.39, 0.29) is 5.70 Å². The maximum absolute atomic E-state index is 10.3. The van der Waals surface area contributed by atoms with Crippen LogP contribution in [0.3, 0.4) is 0 Å². The van der Waals surface area contributed by atoms with Crippen LogP contribution < -0.4 is 0 Å². The van der Waals surface area contributed by atoms with Gasteiger partial charge in [-0.1, -0.05) is 34.7 Å². The highest BCUT2D eigenvalue weighted by atomic mass is 127. The van der Waals surface area contributed by atoms with E-state index < -0.39 is 15.0 Å². The highest BCUT2D eigenvalue weighted by molar-refractivity contribution is 14.1. The quantitative estimate of drug-likeness (QED) is 0.332. The van der Waals surface area contributed by atoms with Crippen LogP contribution in [0, 0.1) is 10.1 Å². The highest BCUT2D eigenvalue weighted by Gasteiger charge is 2.28. The van der Waals surface area contributed by atoms with Crippen LogP contribution in [0.1, 0.15) is 0 Å². The zero-order chi connectivity index (χ0) is 8.43. The molecule has 0 heterocycles. The molecule has 0 fully saturated rings. The first-order valence-electron chi connectivity index (χ1n) is 2.98. The van der Waals surface area contributed by atoms with Gasteiger partial charge in [0.25, 0.3) is 5.70 Å². The summed E-state index contributed by atoms with van der Waals surface area (Å²) < 4.78 is -0.437. The molecule has 1 aliphatic carbocycles. The number of nitrogens with zero attached hydrogens (tertiary/aromatic N) is 1. The van der Waals surface area contributed by atoms with E-state index in [1.165, 1.54) is 18.2 Å². The van der Waals surface area contributed by atoms with Gasteiger partial charge in [0.05, 0.1) is 11.0 Å². The third-order valence-electron chi connectivity index (χ3n) is 1.37. The number of hydrogen-bond acceptors (Lipinski definition) is 3. The van der Waals surface area contributed by atoms with E-state index in [1.54, 1.807) is 0 Å². The molecule has 0 saturated carbocycles. The van der Waals surface area contributed by atoms with Crippen LogP contribution in [-0.4, -0.2) is 20.1 Å².